The molecule has 1 aromatic carbocycles. The van der Waals surface area contributed by atoms with Gasteiger partial charge in [-0.2, -0.15) is 0 Å². The minimum absolute atomic E-state index is 0.0742. The van der Waals surface area contributed by atoms with Crippen LogP contribution in [-0.2, 0) is 9.63 Å². The van der Waals surface area contributed by atoms with E-state index >= 15 is 0 Å². The summed E-state index contributed by atoms with van der Waals surface area (Å²) < 4.78 is 13.3. The molecule has 1 aromatic rings. The van der Waals surface area contributed by atoms with Gasteiger partial charge in [0.1, 0.15) is 5.82 Å². The largest absolute Gasteiger partial charge is 0.343 e. The van der Waals surface area contributed by atoms with E-state index in [4.69, 9.17) is 4.84 Å². The van der Waals surface area contributed by atoms with Crippen LogP contribution in [0.4, 0.5) is 4.39 Å². The van der Waals surface area contributed by atoms with E-state index in [0.29, 0.717) is 13.2 Å². The summed E-state index contributed by atoms with van der Waals surface area (Å²) in [6, 6.07) is 5.63. The maximum Gasteiger partial charge on any atom is 0.265 e. The van der Waals surface area contributed by atoms with Crippen molar-refractivity contribution < 1.29 is 18.8 Å². The molecule has 1 saturated heterocycles. The predicted octanol–water partition coefficient (Wildman–Crippen LogP) is 1.11. The quantitative estimate of drug-likeness (QED) is 0.891. The number of carbonyl (C=O) groups is 2. The van der Waals surface area contributed by atoms with E-state index in [1.165, 1.54) is 23.3 Å². The molecule has 0 spiro atoms. The second-order valence-corrected chi connectivity index (χ2v) is 4.20. The Morgan fingerprint density at radius 3 is 2.79 bits per heavy atom. The lowest BCUT2D eigenvalue weighted by Crippen LogP contribution is -2.42. The minimum atomic E-state index is -0.610. The molecule has 2 rings (SSSR count). The van der Waals surface area contributed by atoms with Gasteiger partial charge in [0, 0.05) is 6.54 Å². The Kier molecular flexibility index (Phi) is 4.46. The number of hydroxylamine groups is 2. The summed E-state index contributed by atoms with van der Waals surface area (Å²) in [5, 5.41) is 3.63. The molecule has 1 heterocycles. The number of nitrogens with zero attached hydrogens (tertiary/aromatic N) is 1. The molecule has 2 amide bonds. The van der Waals surface area contributed by atoms with E-state index in [0.717, 1.165) is 12.8 Å². The number of hydrogen-bond acceptors (Lipinski definition) is 3. The first-order valence-corrected chi connectivity index (χ1v) is 6.14. The van der Waals surface area contributed by atoms with Crippen molar-refractivity contribution in [3.63, 3.8) is 0 Å². The molecule has 102 valence electrons. The Balaban J connectivity index is 1.86. The van der Waals surface area contributed by atoms with Crippen molar-refractivity contribution in [1.29, 1.82) is 0 Å². The van der Waals surface area contributed by atoms with Gasteiger partial charge in [0.2, 0.25) is 0 Å². The number of benzene rings is 1. The minimum Gasteiger partial charge on any atom is -0.343 e. The summed E-state index contributed by atoms with van der Waals surface area (Å²) in [4.78, 5) is 28.6. The smallest absolute Gasteiger partial charge is 0.265 e. The molecule has 0 aromatic heterocycles. The number of rotatable bonds is 3. The normalized spacial score (nSPS) is 15.1. The molecule has 5 nitrogen and oxygen atoms in total. The first-order valence-electron chi connectivity index (χ1n) is 6.14. The zero-order chi connectivity index (χ0) is 13.7. The first kappa shape index (κ1) is 13.5. The molecule has 0 atom stereocenters. The van der Waals surface area contributed by atoms with Gasteiger partial charge >= 0.3 is 0 Å². The van der Waals surface area contributed by atoms with Crippen LogP contribution in [0, 0.1) is 5.82 Å². The fraction of sp³-hybridized carbons (Fsp3) is 0.385. The van der Waals surface area contributed by atoms with Crippen LogP contribution in [0.15, 0.2) is 24.3 Å². The molecule has 0 radical (unpaired) electrons. The lowest BCUT2D eigenvalue weighted by molar-refractivity contribution is -0.195. The summed E-state index contributed by atoms with van der Waals surface area (Å²) in [5.41, 5.74) is -0.0742. The first-order chi connectivity index (χ1) is 9.18. The molecule has 6 heteroatoms. The van der Waals surface area contributed by atoms with Crippen molar-refractivity contribution in [2.24, 2.45) is 0 Å². The van der Waals surface area contributed by atoms with Gasteiger partial charge < -0.3 is 5.32 Å². The third-order valence-electron chi connectivity index (χ3n) is 2.80. The zero-order valence-corrected chi connectivity index (χ0v) is 10.4. The molecule has 1 aliphatic rings. The van der Waals surface area contributed by atoms with Crippen LogP contribution in [-0.4, -0.2) is 36.6 Å². The van der Waals surface area contributed by atoms with Crippen LogP contribution in [0.1, 0.15) is 23.2 Å². The van der Waals surface area contributed by atoms with E-state index in [9.17, 15) is 14.0 Å². The molecule has 0 unspecified atom stereocenters. The second-order valence-electron chi connectivity index (χ2n) is 4.20. The van der Waals surface area contributed by atoms with Crippen LogP contribution in [0.5, 0.6) is 0 Å². The number of amides is 2. The highest BCUT2D eigenvalue weighted by Crippen LogP contribution is 2.07. The fourth-order valence-electron chi connectivity index (χ4n) is 1.78. The standard InChI is InChI=1S/C13H15FN2O3/c14-11-6-2-1-5-10(11)13(18)15-9-12(17)16-7-3-4-8-19-16/h1-2,5-6H,3-4,7-9H2,(H,15,18). The highest BCUT2D eigenvalue weighted by molar-refractivity contribution is 5.96. The van der Waals surface area contributed by atoms with Crippen LogP contribution in [0.3, 0.4) is 0 Å². The molecule has 1 aliphatic heterocycles. The highest BCUT2D eigenvalue weighted by atomic mass is 19.1. The van der Waals surface area contributed by atoms with Crippen LogP contribution >= 0.6 is 0 Å². The molecular weight excluding hydrogens is 251 g/mol. The van der Waals surface area contributed by atoms with E-state index < -0.39 is 11.7 Å². The van der Waals surface area contributed by atoms with Gasteiger partial charge in [0.25, 0.3) is 11.8 Å². The third-order valence-corrected chi connectivity index (χ3v) is 2.80. The van der Waals surface area contributed by atoms with E-state index in [-0.39, 0.29) is 18.0 Å². The van der Waals surface area contributed by atoms with E-state index in [1.54, 1.807) is 6.07 Å². The molecule has 0 bridgehead atoms. The van der Waals surface area contributed by atoms with Crippen LogP contribution in [0.2, 0.25) is 0 Å². The number of halogens is 1. The Morgan fingerprint density at radius 1 is 1.32 bits per heavy atom. The van der Waals surface area contributed by atoms with E-state index in [2.05, 4.69) is 5.32 Å². The molecular formula is C13H15FN2O3. The monoisotopic (exact) mass is 266 g/mol. The maximum absolute atomic E-state index is 13.3. The summed E-state index contributed by atoms with van der Waals surface area (Å²) >= 11 is 0. The Labute approximate surface area is 110 Å². The van der Waals surface area contributed by atoms with Gasteiger partial charge in [-0.25, -0.2) is 9.45 Å². The third kappa shape index (κ3) is 3.51. The molecule has 0 aliphatic carbocycles. The molecule has 19 heavy (non-hydrogen) atoms. The average molecular weight is 266 g/mol. The maximum atomic E-state index is 13.3. The van der Waals surface area contributed by atoms with Crippen molar-refractivity contribution in [3.8, 4) is 0 Å². The summed E-state index contributed by atoms with van der Waals surface area (Å²) in [6.07, 6.45) is 1.80. The van der Waals surface area contributed by atoms with Gasteiger partial charge in [-0.1, -0.05) is 12.1 Å². The van der Waals surface area contributed by atoms with Gasteiger partial charge in [-0.3, -0.25) is 14.4 Å². The van der Waals surface area contributed by atoms with Crippen molar-refractivity contribution in [3.05, 3.63) is 35.6 Å². The Morgan fingerprint density at radius 2 is 2.11 bits per heavy atom. The zero-order valence-electron chi connectivity index (χ0n) is 10.4. The van der Waals surface area contributed by atoms with Crippen molar-refractivity contribution in [1.82, 2.24) is 10.4 Å². The SMILES string of the molecule is O=C(NCC(=O)N1CCCCO1)c1ccccc1F. The Hall–Kier alpha value is -1.95. The lowest BCUT2D eigenvalue weighted by Gasteiger charge is -2.25. The topological polar surface area (TPSA) is 58.6 Å². The lowest BCUT2D eigenvalue weighted by atomic mass is 10.2. The van der Waals surface area contributed by atoms with Gasteiger partial charge in [-0.05, 0) is 25.0 Å². The molecule has 1 fully saturated rings. The van der Waals surface area contributed by atoms with Crippen LogP contribution in [0.25, 0.3) is 0 Å². The van der Waals surface area contributed by atoms with Gasteiger partial charge in [0.15, 0.2) is 0 Å². The fourth-order valence-corrected chi connectivity index (χ4v) is 1.78. The van der Waals surface area contributed by atoms with E-state index in [1.807, 2.05) is 0 Å². The van der Waals surface area contributed by atoms with Crippen molar-refractivity contribution in [2.75, 3.05) is 19.7 Å². The Bertz CT molecular complexity index is 473. The average Bonchev–Trinajstić information content (AvgIpc) is 2.46. The van der Waals surface area contributed by atoms with Crippen molar-refractivity contribution in [2.45, 2.75) is 12.8 Å². The summed E-state index contributed by atoms with van der Waals surface area (Å²) in [6.45, 7) is 0.828. The summed E-state index contributed by atoms with van der Waals surface area (Å²) in [7, 11) is 0. The predicted molar refractivity (Wildman–Crippen MR) is 65.6 cm³/mol. The van der Waals surface area contributed by atoms with Crippen molar-refractivity contribution >= 4 is 11.8 Å². The van der Waals surface area contributed by atoms with Gasteiger partial charge in [-0.15, -0.1) is 0 Å². The number of carbonyl (C=O) groups excluding carboxylic acids is 2. The molecule has 0 saturated carbocycles. The molecule has 1 N–H and O–H groups in total. The second kappa shape index (κ2) is 6.29. The summed E-state index contributed by atoms with van der Waals surface area (Å²) in [5.74, 6) is -1.55. The highest BCUT2D eigenvalue weighted by Gasteiger charge is 2.19. The number of nitrogens with one attached hydrogen (secondary N) is 1. The van der Waals surface area contributed by atoms with Crippen LogP contribution < -0.4 is 5.32 Å². The van der Waals surface area contributed by atoms with Gasteiger partial charge in [0.05, 0.1) is 18.7 Å². The number of hydrogen-bond donors (Lipinski definition) is 1.